The smallest absolute Gasteiger partial charge is 0.242 e. The van der Waals surface area contributed by atoms with Crippen LogP contribution >= 0.6 is 11.8 Å². The van der Waals surface area contributed by atoms with Crippen molar-refractivity contribution in [2.45, 2.75) is 25.6 Å². The van der Waals surface area contributed by atoms with Gasteiger partial charge < -0.3 is 14.6 Å². The zero-order chi connectivity index (χ0) is 20.2. The van der Waals surface area contributed by atoms with Crippen molar-refractivity contribution in [1.29, 1.82) is 0 Å². The highest BCUT2D eigenvalue weighted by molar-refractivity contribution is 7.99. The van der Waals surface area contributed by atoms with Crippen molar-refractivity contribution in [2.75, 3.05) is 18.8 Å². The van der Waals surface area contributed by atoms with Gasteiger partial charge in [0.05, 0.1) is 18.0 Å². The van der Waals surface area contributed by atoms with E-state index >= 15 is 0 Å². The Morgan fingerprint density at radius 2 is 1.97 bits per heavy atom. The Balaban J connectivity index is 1.20. The van der Waals surface area contributed by atoms with Crippen LogP contribution in [0.3, 0.4) is 0 Å². The summed E-state index contributed by atoms with van der Waals surface area (Å²) in [4.78, 5) is 30.9. The number of rotatable bonds is 6. The average Bonchev–Trinajstić information content (AvgIpc) is 3.13. The van der Waals surface area contributed by atoms with Gasteiger partial charge in [-0.05, 0) is 36.1 Å². The van der Waals surface area contributed by atoms with Gasteiger partial charge in [-0.3, -0.25) is 9.59 Å². The molecule has 150 valence electrons. The van der Waals surface area contributed by atoms with Crippen molar-refractivity contribution in [1.82, 2.24) is 19.6 Å². The van der Waals surface area contributed by atoms with Crippen molar-refractivity contribution in [3.63, 3.8) is 0 Å². The molecule has 0 saturated carbocycles. The molecule has 0 spiro atoms. The first-order valence-electron chi connectivity index (χ1n) is 9.72. The molecule has 2 aromatic heterocycles. The summed E-state index contributed by atoms with van der Waals surface area (Å²) in [6.45, 7) is 3.41. The molecule has 3 heterocycles. The molecule has 4 rings (SSSR count). The standard InChI is InChI=1S/C22H24N4O2S/c1-16-6-7-20-24-19(13-26(20)11-16)14-29-15-21(27)23-10-22(28)25-9-8-17-4-2-3-5-18(17)12-25/h2-7,11,13H,8-10,12,14-15H2,1H3,(H,23,27). The molecule has 2 amide bonds. The first-order valence-corrected chi connectivity index (χ1v) is 10.9. The van der Waals surface area contributed by atoms with E-state index in [-0.39, 0.29) is 18.4 Å². The van der Waals surface area contributed by atoms with Crippen LogP contribution in [0, 0.1) is 6.92 Å². The van der Waals surface area contributed by atoms with Crippen LogP contribution < -0.4 is 5.32 Å². The molecule has 0 bridgehead atoms. The molecule has 1 aromatic carbocycles. The van der Waals surface area contributed by atoms with E-state index in [0.29, 0.717) is 24.6 Å². The Kier molecular flexibility index (Phi) is 5.85. The maximum atomic E-state index is 12.4. The van der Waals surface area contributed by atoms with Crippen LogP contribution in [0.25, 0.3) is 5.65 Å². The zero-order valence-corrected chi connectivity index (χ0v) is 17.2. The van der Waals surface area contributed by atoms with Crippen LogP contribution in [0.4, 0.5) is 0 Å². The highest BCUT2D eigenvalue weighted by Gasteiger charge is 2.20. The molecule has 1 aliphatic rings. The molecule has 0 atom stereocenters. The molecule has 0 aliphatic carbocycles. The molecule has 0 fully saturated rings. The normalized spacial score (nSPS) is 13.3. The number of thioether (sulfide) groups is 1. The monoisotopic (exact) mass is 408 g/mol. The lowest BCUT2D eigenvalue weighted by Gasteiger charge is -2.29. The Morgan fingerprint density at radius 3 is 2.83 bits per heavy atom. The molecule has 0 radical (unpaired) electrons. The number of fused-ring (bicyclic) bond motifs is 2. The topological polar surface area (TPSA) is 66.7 Å². The third-order valence-corrected chi connectivity index (χ3v) is 6.02. The molecule has 29 heavy (non-hydrogen) atoms. The third kappa shape index (κ3) is 4.79. The lowest BCUT2D eigenvalue weighted by atomic mass is 10.00. The number of aryl methyl sites for hydroxylation is 1. The maximum absolute atomic E-state index is 12.4. The second-order valence-electron chi connectivity index (χ2n) is 7.31. The van der Waals surface area contributed by atoms with Crippen LogP contribution in [-0.4, -0.2) is 44.9 Å². The number of carbonyl (C=O) groups excluding carboxylic acids is 2. The molecule has 0 unspecified atom stereocenters. The molecule has 6 nitrogen and oxygen atoms in total. The first kappa shape index (κ1) is 19.5. The van der Waals surface area contributed by atoms with Crippen molar-refractivity contribution in [3.8, 4) is 0 Å². The van der Waals surface area contributed by atoms with E-state index in [2.05, 4.69) is 22.4 Å². The van der Waals surface area contributed by atoms with Gasteiger partial charge in [-0.2, -0.15) is 0 Å². The largest absolute Gasteiger partial charge is 0.346 e. The number of amides is 2. The molecular weight excluding hydrogens is 384 g/mol. The minimum absolute atomic E-state index is 0.0337. The SMILES string of the molecule is Cc1ccc2nc(CSCC(=O)NCC(=O)N3CCc4ccccc4C3)cn2c1. The number of pyridine rings is 1. The van der Waals surface area contributed by atoms with Gasteiger partial charge in [0.2, 0.25) is 11.8 Å². The van der Waals surface area contributed by atoms with Gasteiger partial charge in [0, 0.05) is 31.2 Å². The number of nitrogens with zero attached hydrogens (tertiary/aromatic N) is 3. The van der Waals surface area contributed by atoms with E-state index < -0.39 is 0 Å². The quantitative estimate of drug-likeness (QED) is 0.681. The molecule has 7 heteroatoms. The number of hydrogen-bond acceptors (Lipinski definition) is 4. The summed E-state index contributed by atoms with van der Waals surface area (Å²) in [5.41, 5.74) is 5.52. The fourth-order valence-corrected chi connectivity index (χ4v) is 4.26. The summed E-state index contributed by atoms with van der Waals surface area (Å²) in [7, 11) is 0. The Hall–Kier alpha value is -2.80. The van der Waals surface area contributed by atoms with Crippen molar-refractivity contribution < 1.29 is 9.59 Å². The van der Waals surface area contributed by atoms with Gasteiger partial charge in [0.1, 0.15) is 5.65 Å². The van der Waals surface area contributed by atoms with Gasteiger partial charge in [-0.15, -0.1) is 11.8 Å². The molecular formula is C22H24N4O2S. The van der Waals surface area contributed by atoms with Crippen LogP contribution in [0.2, 0.25) is 0 Å². The van der Waals surface area contributed by atoms with Gasteiger partial charge in [-0.1, -0.05) is 30.3 Å². The molecule has 1 N–H and O–H groups in total. The average molecular weight is 409 g/mol. The van der Waals surface area contributed by atoms with Crippen LogP contribution in [-0.2, 0) is 28.3 Å². The van der Waals surface area contributed by atoms with E-state index in [1.807, 2.05) is 52.9 Å². The first-order chi connectivity index (χ1) is 14.1. The van der Waals surface area contributed by atoms with E-state index in [9.17, 15) is 9.59 Å². The van der Waals surface area contributed by atoms with E-state index in [1.165, 1.54) is 28.5 Å². The van der Waals surface area contributed by atoms with Gasteiger partial charge >= 0.3 is 0 Å². The van der Waals surface area contributed by atoms with E-state index in [0.717, 1.165) is 17.8 Å². The second kappa shape index (κ2) is 8.69. The lowest BCUT2D eigenvalue weighted by molar-refractivity contribution is -0.133. The predicted octanol–water partition coefficient (Wildman–Crippen LogP) is 2.58. The predicted molar refractivity (Wildman–Crippen MR) is 115 cm³/mol. The highest BCUT2D eigenvalue weighted by Crippen LogP contribution is 2.18. The molecule has 0 saturated heterocycles. The number of nitrogens with one attached hydrogen (secondary N) is 1. The fourth-order valence-electron chi connectivity index (χ4n) is 3.52. The summed E-state index contributed by atoms with van der Waals surface area (Å²) in [5, 5.41) is 2.75. The Morgan fingerprint density at radius 1 is 1.14 bits per heavy atom. The highest BCUT2D eigenvalue weighted by atomic mass is 32.2. The van der Waals surface area contributed by atoms with Crippen LogP contribution in [0.15, 0.2) is 48.8 Å². The Bertz CT molecular complexity index is 1050. The number of carbonyl (C=O) groups is 2. The minimum atomic E-state index is -0.125. The van der Waals surface area contributed by atoms with Crippen molar-refractivity contribution in [2.24, 2.45) is 0 Å². The summed E-state index contributed by atoms with van der Waals surface area (Å²) < 4.78 is 2.00. The zero-order valence-electron chi connectivity index (χ0n) is 16.4. The number of benzene rings is 1. The Labute approximate surface area is 174 Å². The molecule has 1 aliphatic heterocycles. The van der Waals surface area contributed by atoms with Crippen LogP contribution in [0.1, 0.15) is 22.4 Å². The minimum Gasteiger partial charge on any atom is -0.346 e. The number of hydrogen-bond donors (Lipinski definition) is 1. The van der Waals surface area contributed by atoms with Gasteiger partial charge in [-0.25, -0.2) is 4.98 Å². The fraction of sp³-hybridized carbons (Fsp3) is 0.318. The van der Waals surface area contributed by atoms with Crippen molar-refractivity contribution in [3.05, 3.63) is 71.2 Å². The van der Waals surface area contributed by atoms with E-state index in [4.69, 9.17) is 0 Å². The number of imidazole rings is 1. The summed E-state index contributed by atoms with van der Waals surface area (Å²) >= 11 is 1.50. The molecule has 3 aromatic rings. The van der Waals surface area contributed by atoms with Crippen LogP contribution in [0.5, 0.6) is 0 Å². The number of aromatic nitrogens is 2. The third-order valence-electron chi connectivity index (χ3n) is 5.05. The maximum Gasteiger partial charge on any atom is 0.242 e. The van der Waals surface area contributed by atoms with Crippen molar-refractivity contribution >= 4 is 29.2 Å². The summed E-state index contributed by atoms with van der Waals surface area (Å²) in [6, 6.07) is 12.2. The van der Waals surface area contributed by atoms with Gasteiger partial charge in [0.15, 0.2) is 0 Å². The second-order valence-corrected chi connectivity index (χ2v) is 8.29. The summed E-state index contributed by atoms with van der Waals surface area (Å²) in [6.07, 6.45) is 4.89. The lowest BCUT2D eigenvalue weighted by Crippen LogP contribution is -2.42. The summed E-state index contributed by atoms with van der Waals surface area (Å²) in [5.74, 6) is 0.808. The van der Waals surface area contributed by atoms with E-state index in [1.54, 1.807) is 0 Å². The van der Waals surface area contributed by atoms with Gasteiger partial charge in [0.25, 0.3) is 0 Å².